The van der Waals surface area contributed by atoms with E-state index in [1.54, 1.807) is 7.11 Å². The highest BCUT2D eigenvalue weighted by Crippen LogP contribution is 2.34. The van der Waals surface area contributed by atoms with Gasteiger partial charge in [-0.15, -0.1) is 24.8 Å². The number of benzene rings is 1. The number of ether oxygens (including phenoxy) is 2. The monoisotopic (exact) mass is 444 g/mol. The lowest BCUT2D eigenvalue weighted by Crippen LogP contribution is -2.27. The number of rotatable bonds is 11. The molecule has 0 spiro atoms. The van der Waals surface area contributed by atoms with Crippen molar-refractivity contribution in [3.05, 3.63) is 22.2 Å². The quantitative estimate of drug-likeness (QED) is 0.507. The Kier molecular flexibility index (Phi) is 16.4. The first-order valence-corrected chi connectivity index (χ1v) is 8.87. The van der Waals surface area contributed by atoms with Crippen LogP contribution in [0.4, 0.5) is 0 Å². The number of halogens is 3. The van der Waals surface area contributed by atoms with Gasteiger partial charge in [0, 0.05) is 16.6 Å². The molecule has 0 bridgehead atoms. The molecule has 0 saturated carbocycles. The molecule has 7 heteroatoms. The lowest BCUT2D eigenvalue weighted by atomic mass is 10.2. The predicted molar refractivity (Wildman–Crippen MR) is 110 cm³/mol. The molecule has 1 rings (SSSR count). The Balaban J connectivity index is 0. The number of methoxy groups -OCH3 is 1. The van der Waals surface area contributed by atoms with Crippen LogP contribution in [-0.2, 0) is 6.54 Å². The standard InChI is InChI=1S/C17H29BrN2O2.2ClH/c1-5-20(6-2)10-8-9-19-13-14-11-15(18)12-16(21-4)17(14)22-7-3;;/h11-12,19H,5-10,13H2,1-4H3;2*1H. The summed E-state index contributed by atoms with van der Waals surface area (Å²) >= 11 is 3.53. The van der Waals surface area contributed by atoms with Gasteiger partial charge in [-0.1, -0.05) is 29.8 Å². The molecular formula is C17H31BrCl2N2O2. The van der Waals surface area contributed by atoms with Crippen molar-refractivity contribution in [1.29, 1.82) is 0 Å². The average Bonchev–Trinajstić information content (AvgIpc) is 2.52. The highest BCUT2D eigenvalue weighted by atomic mass is 79.9. The topological polar surface area (TPSA) is 33.7 Å². The molecule has 0 amide bonds. The second kappa shape index (κ2) is 15.1. The fraction of sp³-hybridized carbons (Fsp3) is 0.647. The molecule has 0 heterocycles. The van der Waals surface area contributed by atoms with Gasteiger partial charge >= 0.3 is 0 Å². The summed E-state index contributed by atoms with van der Waals surface area (Å²) in [5, 5.41) is 3.50. The first kappa shape index (κ1) is 26.0. The van der Waals surface area contributed by atoms with Crippen molar-refractivity contribution in [1.82, 2.24) is 10.2 Å². The van der Waals surface area contributed by atoms with Gasteiger partial charge in [0.1, 0.15) is 0 Å². The van der Waals surface area contributed by atoms with Crippen LogP contribution in [0.3, 0.4) is 0 Å². The average molecular weight is 446 g/mol. The fourth-order valence-electron chi connectivity index (χ4n) is 2.40. The molecule has 1 aromatic rings. The zero-order valence-corrected chi connectivity index (χ0v) is 18.3. The predicted octanol–water partition coefficient (Wildman–Crippen LogP) is 4.52. The van der Waals surface area contributed by atoms with Crippen LogP contribution in [0.15, 0.2) is 16.6 Å². The minimum Gasteiger partial charge on any atom is -0.493 e. The highest BCUT2D eigenvalue weighted by Gasteiger charge is 2.12. The lowest BCUT2D eigenvalue weighted by Gasteiger charge is -2.18. The molecule has 1 aromatic carbocycles. The Morgan fingerprint density at radius 1 is 1.12 bits per heavy atom. The van der Waals surface area contributed by atoms with Crippen molar-refractivity contribution >= 4 is 40.7 Å². The molecule has 24 heavy (non-hydrogen) atoms. The van der Waals surface area contributed by atoms with Crippen molar-refractivity contribution in [2.45, 2.75) is 33.7 Å². The molecule has 0 atom stereocenters. The Bertz CT molecular complexity index is 447. The molecule has 1 N–H and O–H groups in total. The van der Waals surface area contributed by atoms with Crippen LogP contribution in [0.25, 0.3) is 0 Å². The smallest absolute Gasteiger partial charge is 0.165 e. The van der Waals surface area contributed by atoms with Gasteiger partial charge in [0.25, 0.3) is 0 Å². The van der Waals surface area contributed by atoms with Gasteiger partial charge in [-0.2, -0.15) is 0 Å². The van der Waals surface area contributed by atoms with Gasteiger partial charge in [-0.3, -0.25) is 0 Å². The Morgan fingerprint density at radius 3 is 2.33 bits per heavy atom. The molecule has 4 nitrogen and oxygen atoms in total. The maximum atomic E-state index is 5.75. The van der Waals surface area contributed by atoms with Crippen molar-refractivity contribution in [2.24, 2.45) is 0 Å². The van der Waals surface area contributed by atoms with E-state index in [2.05, 4.69) is 46.1 Å². The van der Waals surface area contributed by atoms with Crippen LogP contribution in [0, 0.1) is 0 Å². The number of hydrogen-bond donors (Lipinski definition) is 1. The molecule has 0 aliphatic carbocycles. The van der Waals surface area contributed by atoms with Crippen LogP contribution < -0.4 is 14.8 Å². The van der Waals surface area contributed by atoms with E-state index in [1.165, 1.54) is 0 Å². The third-order valence-electron chi connectivity index (χ3n) is 3.64. The molecule has 0 unspecified atom stereocenters. The summed E-state index contributed by atoms with van der Waals surface area (Å²) in [4.78, 5) is 2.44. The van der Waals surface area contributed by atoms with Gasteiger partial charge < -0.3 is 19.7 Å². The Labute approximate surface area is 167 Å². The Hall–Kier alpha value is -0.200. The molecule has 142 valence electrons. The van der Waals surface area contributed by atoms with E-state index in [4.69, 9.17) is 9.47 Å². The molecule has 0 radical (unpaired) electrons. The van der Waals surface area contributed by atoms with E-state index < -0.39 is 0 Å². The first-order valence-electron chi connectivity index (χ1n) is 8.08. The largest absolute Gasteiger partial charge is 0.493 e. The highest BCUT2D eigenvalue weighted by molar-refractivity contribution is 9.10. The third kappa shape index (κ3) is 8.77. The van der Waals surface area contributed by atoms with Crippen LogP contribution in [0.2, 0.25) is 0 Å². The molecule has 0 aliphatic rings. The first-order chi connectivity index (χ1) is 10.7. The minimum absolute atomic E-state index is 0. The zero-order chi connectivity index (χ0) is 16.4. The van der Waals surface area contributed by atoms with E-state index in [-0.39, 0.29) is 24.8 Å². The normalized spacial score (nSPS) is 10.1. The number of nitrogens with zero attached hydrogens (tertiary/aromatic N) is 1. The number of nitrogens with one attached hydrogen (secondary N) is 1. The molecule has 0 aliphatic heterocycles. The van der Waals surface area contributed by atoms with E-state index >= 15 is 0 Å². The van der Waals surface area contributed by atoms with Crippen LogP contribution in [-0.4, -0.2) is 44.8 Å². The van der Waals surface area contributed by atoms with Crippen molar-refractivity contribution in [3.63, 3.8) is 0 Å². The molecule has 0 aromatic heterocycles. The summed E-state index contributed by atoms with van der Waals surface area (Å²) in [5.41, 5.74) is 1.12. The van der Waals surface area contributed by atoms with Crippen LogP contribution in [0.5, 0.6) is 11.5 Å². The molecular weight excluding hydrogens is 415 g/mol. The second-order valence-electron chi connectivity index (χ2n) is 5.09. The summed E-state index contributed by atoms with van der Waals surface area (Å²) in [7, 11) is 1.67. The third-order valence-corrected chi connectivity index (χ3v) is 4.10. The van der Waals surface area contributed by atoms with E-state index in [9.17, 15) is 0 Å². The van der Waals surface area contributed by atoms with Crippen molar-refractivity contribution < 1.29 is 9.47 Å². The van der Waals surface area contributed by atoms with E-state index in [0.717, 1.165) is 60.7 Å². The number of hydrogen-bond acceptors (Lipinski definition) is 4. The van der Waals surface area contributed by atoms with Gasteiger partial charge in [-0.25, -0.2) is 0 Å². The fourth-order valence-corrected chi connectivity index (χ4v) is 2.89. The van der Waals surface area contributed by atoms with Gasteiger partial charge in [0.2, 0.25) is 0 Å². The van der Waals surface area contributed by atoms with Crippen molar-refractivity contribution in [3.8, 4) is 11.5 Å². The zero-order valence-electron chi connectivity index (χ0n) is 15.1. The molecule has 0 fully saturated rings. The summed E-state index contributed by atoms with van der Waals surface area (Å²) in [6.45, 7) is 12.2. The van der Waals surface area contributed by atoms with Gasteiger partial charge in [0.15, 0.2) is 11.5 Å². The molecule has 0 saturated heterocycles. The van der Waals surface area contributed by atoms with Crippen molar-refractivity contribution in [2.75, 3.05) is 39.9 Å². The SMILES string of the molecule is CCOc1c(CNCCCN(CC)CC)cc(Br)cc1OC.Cl.Cl. The van der Waals surface area contributed by atoms with Gasteiger partial charge in [-0.05, 0) is 51.7 Å². The maximum absolute atomic E-state index is 5.75. The maximum Gasteiger partial charge on any atom is 0.165 e. The Morgan fingerprint density at radius 2 is 1.79 bits per heavy atom. The summed E-state index contributed by atoms with van der Waals surface area (Å²) < 4.78 is 12.2. The van der Waals surface area contributed by atoms with Crippen LogP contribution >= 0.6 is 40.7 Å². The summed E-state index contributed by atoms with van der Waals surface area (Å²) in [6.07, 6.45) is 1.15. The van der Waals surface area contributed by atoms with E-state index in [1.807, 2.05) is 13.0 Å². The summed E-state index contributed by atoms with van der Waals surface area (Å²) in [5.74, 6) is 1.61. The van der Waals surface area contributed by atoms with Crippen LogP contribution in [0.1, 0.15) is 32.8 Å². The van der Waals surface area contributed by atoms with Gasteiger partial charge in [0.05, 0.1) is 13.7 Å². The minimum atomic E-state index is 0. The summed E-state index contributed by atoms with van der Waals surface area (Å²) in [6, 6.07) is 4.03. The second-order valence-corrected chi connectivity index (χ2v) is 6.00. The lowest BCUT2D eigenvalue weighted by molar-refractivity contribution is 0.296. The van der Waals surface area contributed by atoms with E-state index in [0.29, 0.717) is 6.61 Å².